The van der Waals surface area contributed by atoms with Gasteiger partial charge in [0.05, 0.1) is 17.3 Å². The summed E-state index contributed by atoms with van der Waals surface area (Å²) in [6, 6.07) is 14.6. The normalized spacial score (nSPS) is 14.4. The molecule has 9 nitrogen and oxygen atoms in total. The maximum Gasteiger partial charge on any atom is 0.366 e. The van der Waals surface area contributed by atoms with Crippen molar-refractivity contribution in [2.75, 3.05) is 23.7 Å². The fourth-order valence-electron chi connectivity index (χ4n) is 3.77. The van der Waals surface area contributed by atoms with Gasteiger partial charge in [0.25, 0.3) is 5.91 Å². The summed E-state index contributed by atoms with van der Waals surface area (Å²) in [7, 11) is 0. The third-order valence-electron chi connectivity index (χ3n) is 5.46. The number of nitrogens with one attached hydrogen (secondary N) is 2. The number of phenols is 1. The van der Waals surface area contributed by atoms with Crippen molar-refractivity contribution in [2.45, 2.75) is 32.2 Å². The minimum atomic E-state index is -0.204. The molecule has 1 amide bonds. The first-order chi connectivity index (χ1) is 15.1. The van der Waals surface area contributed by atoms with Gasteiger partial charge in [-0.1, -0.05) is 48.0 Å². The molecule has 31 heavy (non-hydrogen) atoms. The van der Waals surface area contributed by atoms with E-state index in [0.717, 1.165) is 24.8 Å². The molecule has 1 atom stereocenters. The van der Waals surface area contributed by atoms with Crippen molar-refractivity contribution in [3.63, 3.8) is 0 Å². The van der Waals surface area contributed by atoms with Crippen LogP contribution in [0, 0.1) is 0 Å². The smallest absolute Gasteiger partial charge is 0.366 e. The van der Waals surface area contributed by atoms with Gasteiger partial charge in [0, 0.05) is 13.1 Å². The number of nitrogens with zero attached hydrogens (tertiary/aromatic N) is 3. The summed E-state index contributed by atoms with van der Waals surface area (Å²) < 4.78 is 4.89. The summed E-state index contributed by atoms with van der Waals surface area (Å²) in [5, 5.41) is 30.9. The Morgan fingerprint density at radius 2 is 1.94 bits per heavy atom. The van der Waals surface area contributed by atoms with E-state index in [4.69, 9.17) is 4.63 Å². The van der Waals surface area contributed by atoms with Gasteiger partial charge in [0.2, 0.25) is 0 Å². The van der Waals surface area contributed by atoms with Crippen LogP contribution in [0.4, 0.5) is 17.3 Å². The SMILES string of the molecule is CC[C@@H](Nc1c(Nc2cccc(C(=O)N3CCCC3)c2O)no[n+]1O)c1ccccc1. The molecule has 0 aliphatic carbocycles. The predicted molar refractivity (Wildman–Crippen MR) is 114 cm³/mol. The Bertz CT molecular complexity index is 1050. The lowest BCUT2D eigenvalue weighted by atomic mass is 10.0. The lowest BCUT2D eigenvalue weighted by Crippen LogP contribution is -2.32. The van der Waals surface area contributed by atoms with Crippen molar-refractivity contribution in [3.05, 3.63) is 59.7 Å². The number of para-hydroxylation sites is 1. The molecule has 1 aliphatic rings. The second-order valence-corrected chi connectivity index (χ2v) is 7.48. The first-order valence-electron chi connectivity index (χ1n) is 10.4. The zero-order valence-corrected chi connectivity index (χ0v) is 17.3. The number of likely N-dealkylation sites (tertiary alicyclic amines) is 1. The number of carbonyl (C=O) groups is 1. The lowest BCUT2D eigenvalue weighted by Gasteiger charge is -2.17. The van der Waals surface area contributed by atoms with Gasteiger partial charge in [-0.15, -0.1) is 0 Å². The summed E-state index contributed by atoms with van der Waals surface area (Å²) in [6.45, 7) is 3.40. The van der Waals surface area contributed by atoms with E-state index in [2.05, 4.69) is 15.8 Å². The zero-order valence-electron chi connectivity index (χ0n) is 17.3. The highest BCUT2D eigenvalue weighted by Crippen LogP contribution is 2.33. The Morgan fingerprint density at radius 1 is 1.19 bits per heavy atom. The quantitative estimate of drug-likeness (QED) is 0.339. The molecule has 0 bridgehead atoms. The predicted octanol–water partition coefficient (Wildman–Crippen LogP) is 3.45. The number of rotatable bonds is 7. The van der Waals surface area contributed by atoms with Gasteiger partial charge in [0.1, 0.15) is 10.1 Å². The minimum Gasteiger partial charge on any atom is -0.505 e. The summed E-state index contributed by atoms with van der Waals surface area (Å²) in [4.78, 5) is 15.0. The van der Waals surface area contributed by atoms with E-state index < -0.39 is 0 Å². The second kappa shape index (κ2) is 8.95. The molecule has 2 heterocycles. The van der Waals surface area contributed by atoms with Crippen LogP contribution in [0.1, 0.15) is 48.1 Å². The third kappa shape index (κ3) is 4.25. The van der Waals surface area contributed by atoms with Gasteiger partial charge in [-0.05, 0) is 37.0 Å². The van der Waals surface area contributed by atoms with Crippen LogP contribution in [0.25, 0.3) is 0 Å². The van der Waals surface area contributed by atoms with E-state index in [1.54, 1.807) is 23.1 Å². The monoisotopic (exact) mass is 424 g/mol. The number of hydrogen-bond donors (Lipinski definition) is 4. The average molecular weight is 424 g/mol. The van der Waals surface area contributed by atoms with Crippen LogP contribution in [0.15, 0.2) is 53.2 Å². The Balaban J connectivity index is 1.58. The first-order valence-corrected chi connectivity index (χ1v) is 10.4. The number of aromatic hydroxyl groups is 1. The highest BCUT2D eigenvalue weighted by molar-refractivity contribution is 5.99. The Morgan fingerprint density at radius 3 is 2.65 bits per heavy atom. The summed E-state index contributed by atoms with van der Waals surface area (Å²) >= 11 is 0. The molecule has 4 N–H and O–H groups in total. The molecule has 1 fully saturated rings. The number of amides is 1. The zero-order chi connectivity index (χ0) is 21.8. The molecule has 1 aliphatic heterocycles. The van der Waals surface area contributed by atoms with E-state index >= 15 is 0 Å². The average Bonchev–Trinajstić information content (AvgIpc) is 3.44. The van der Waals surface area contributed by atoms with E-state index in [1.165, 1.54) is 0 Å². The van der Waals surface area contributed by atoms with Crippen LogP contribution < -0.4 is 15.5 Å². The van der Waals surface area contributed by atoms with Crippen LogP contribution in [-0.2, 0) is 0 Å². The van der Waals surface area contributed by atoms with Gasteiger partial charge >= 0.3 is 11.6 Å². The number of carbonyl (C=O) groups excluding carboxylic acids is 1. The van der Waals surface area contributed by atoms with Gasteiger partial charge < -0.3 is 20.5 Å². The van der Waals surface area contributed by atoms with Crippen LogP contribution >= 0.6 is 0 Å². The van der Waals surface area contributed by atoms with Crippen LogP contribution in [-0.4, -0.2) is 39.4 Å². The molecule has 162 valence electrons. The molecule has 1 saturated heterocycles. The number of hydrogen-bond acceptors (Lipinski definition) is 7. The van der Waals surface area contributed by atoms with Gasteiger partial charge in [-0.25, -0.2) is 0 Å². The number of benzene rings is 2. The number of anilines is 3. The molecule has 0 unspecified atom stereocenters. The fourth-order valence-corrected chi connectivity index (χ4v) is 3.77. The highest BCUT2D eigenvalue weighted by Gasteiger charge is 2.29. The second-order valence-electron chi connectivity index (χ2n) is 7.48. The van der Waals surface area contributed by atoms with Crippen molar-refractivity contribution < 1.29 is 24.6 Å². The standard InChI is InChI=1S/C22H25N5O4/c1-2-17(15-9-4-3-5-10-15)24-21-20(25-31-27(21)30)23-18-12-8-11-16(19(18)28)22(29)26-13-6-7-14-26/h3-5,8-12,17,30H,2,6-7,13-14H2,1H3,(H2,23,24,25,28,29)/p+1/t17-/m1/s1. The summed E-state index contributed by atoms with van der Waals surface area (Å²) in [6.07, 6.45) is 2.68. The van der Waals surface area contributed by atoms with Crippen LogP contribution in [0.2, 0.25) is 0 Å². The molecule has 0 radical (unpaired) electrons. The van der Waals surface area contributed by atoms with Crippen molar-refractivity contribution in [2.24, 2.45) is 0 Å². The molecule has 0 saturated carbocycles. The molecule has 4 rings (SSSR count). The minimum absolute atomic E-state index is 0.101. The summed E-state index contributed by atoms with van der Waals surface area (Å²) in [5.74, 6) is 0.00164. The molecule has 2 aromatic carbocycles. The molecule has 0 spiro atoms. The van der Waals surface area contributed by atoms with E-state index in [0.29, 0.717) is 18.0 Å². The lowest BCUT2D eigenvalue weighted by molar-refractivity contribution is -1.03. The van der Waals surface area contributed by atoms with Crippen molar-refractivity contribution >= 4 is 23.2 Å². The van der Waals surface area contributed by atoms with Crippen molar-refractivity contribution in [1.82, 2.24) is 10.1 Å². The highest BCUT2D eigenvalue weighted by atomic mass is 16.8. The van der Waals surface area contributed by atoms with Crippen LogP contribution in [0.5, 0.6) is 5.75 Å². The molecular weight excluding hydrogens is 398 g/mol. The van der Waals surface area contributed by atoms with Gasteiger partial charge in [0.15, 0.2) is 5.75 Å². The van der Waals surface area contributed by atoms with Crippen molar-refractivity contribution in [3.8, 4) is 5.75 Å². The summed E-state index contributed by atoms with van der Waals surface area (Å²) in [5.41, 5.74) is 1.55. The molecule has 1 aromatic heterocycles. The molecule has 9 heteroatoms. The first kappa shape index (κ1) is 20.5. The number of aromatic nitrogens is 2. The Labute approximate surface area is 179 Å². The maximum atomic E-state index is 12.7. The Hall–Kier alpha value is -3.75. The maximum absolute atomic E-state index is 12.7. The topological polar surface area (TPSA) is 115 Å². The van der Waals surface area contributed by atoms with E-state index in [9.17, 15) is 15.1 Å². The fraction of sp³-hybridized carbons (Fsp3) is 0.318. The van der Waals surface area contributed by atoms with E-state index in [1.807, 2.05) is 37.3 Å². The van der Waals surface area contributed by atoms with Crippen molar-refractivity contribution in [1.29, 1.82) is 0 Å². The van der Waals surface area contributed by atoms with Gasteiger partial charge in [-0.2, -0.15) is 0 Å². The Kier molecular flexibility index (Phi) is 5.92. The third-order valence-corrected chi connectivity index (χ3v) is 5.46. The molecule has 3 aromatic rings. The number of phenolic OH excluding ortho intramolecular Hbond substituents is 1. The van der Waals surface area contributed by atoms with Crippen LogP contribution in [0.3, 0.4) is 0 Å². The molecular formula is C22H26N5O4+. The largest absolute Gasteiger partial charge is 0.505 e. The van der Waals surface area contributed by atoms with E-state index in [-0.39, 0.29) is 40.6 Å². The van der Waals surface area contributed by atoms with Gasteiger partial charge in [-0.3, -0.25) is 10.1 Å².